The van der Waals surface area contributed by atoms with Gasteiger partial charge in [-0.1, -0.05) is 12.1 Å². The van der Waals surface area contributed by atoms with Gasteiger partial charge in [0.05, 0.1) is 12.1 Å². The first-order valence-corrected chi connectivity index (χ1v) is 5.86. The van der Waals surface area contributed by atoms with E-state index in [0.29, 0.717) is 24.5 Å². The van der Waals surface area contributed by atoms with Crippen LogP contribution in [-0.4, -0.2) is 21.3 Å². The highest BCUT2D eigenvalue weighted by molar-refractivity contribution is 5.57. The zero-order chi connectivity index (χ0) is 13.5. The van der Waals surface area contributed by atoms with Crippen LogP contribution in [0.3, 0.4) is 0 Å². The molecule has 1 aromatic carbocycles. The number of hydrogen-bond donors (Lipinski definition) is 1. The topological polar surface area (TPSA) is 42.7 Å². The highest BCUT2D eigenvalue weighted by atomic mass is 19.4. The van der Waals surface area contributed by atoms with Crippen LogP contribution in [0.5, 0.6) is 0 Å². The zero-order valence-electron chi connectivity index (χ0n) is 9.91. The van der Waals surface area contributed by atoms with Crippen LogP contribution >= 0.6 is 0 Å². The molecule has 0 bridgehead atoms. The number of nitrogens with one attached hydrogen (secondary N) is 1. The fourth-order valence-corrected chi connectivity index (χ4v) is 2.14. The molecule has 1 aliphatic rings. The van der Waals surface area contributed by atoms with Crippen molar-refractivity contribution in [3.8, 4) is 11.4 Å². The minimum Gasteiger partial charge on any atom is -0.309 e. The smallest absolute Gasteiger partial charge is 0.309 e. The number of fused-ring (bicyclic) bond motifs is 1. The Labute approximate surface area is 107 Å². The van der Waals surface area contributed by atoms with Crippen molar-refractivity contribution in [1.82, 2.24) is 20.1 Å². The molecule has 0 saturated heterocycles. The summed E-state index contributed by atoms with van der Waals surface area (Å²) in [5, 5.41) is 11.1. The van der Waals surface area contributed by atoms with Crippen LogP contribution in [0, 0.1) is 0 Å². The van der Waals surface area contributed by atoms with Gasteiger partial charge < -0.3 is 9.88 Å². The van der Waals surface area contributed by atoms with E-state index >= 15 is 0 Å². The second-order valence-electron chi connectivity index (χ2n) is 4.35. The summed E-state index contributed by atoms with van der Waals surface area (Å²) >= 11 is 0. The van der Waals surface area contributed by atoms with Gasteiger partial charge in [0.25, 0.3) is 0 Å². The molecule has 4 nitrogen and oxygen atoms in total. The highest BCUT2D eigenvalue weighted by Crippen LogP contribution is 2.31. The lowest BCUT2D eigenvalue weighted by Crippen LogP contribution is -2.28. The van der Waals surface area contributed by atoms with E-state index in [1.165, 1.54) is 6.07 Å². The van der Waals surface area contributed by atoms with Gasteiger partial charge in [-0.25, -0.2) is 0 Å². The van der Waals surface area contributed by atoms with E-state index in [0.717, 1.165) is 24.5 Å². The second-order valence-corrected chi connectivity index (χ2v) is 4.35. The number of alkyl halides is 3. The van der Waals surface area contributed by atoms with E-state index in [1.807, 2.05) is 4.57 Å². The molecule has 3 rings (SSSR count). The van der Waals surface area contributed by atoms with Crippen LogP contribution in [0.2, 0.25) is 0 Å². The number of hydrogen-bond acceptors (Lipinski definition) is 3. The summed E-state index contributed by atoms with van der Waals surface area (Å²) < 4.78 is 39.9. The van der Waals surface area contributed by atoms with E-state index in [2.05, 4.69) is 15.5 Å². The number of halogens is 3. The molecule has 0 atom stereocenters. The van der Waals surface area contributed by atoms with E-state index in [1.54, 1.807) is 6.07 Å². The molecule has 0 spiro atoms. The molecular formula is C12H11F3N4. The van der Waals surface area contributed by atoms with Gasteiger partial charge in [0.2, 0.25) is 0 Å². The Morgan fingerprint density at radius 2 is 2.05 bits per heavy atom. The van der Waals surface area contributed by atoms with Crippen molar-refractivity contribution in [2.75, 3.05) is 6.54 Å². The van der Waals surface area contributed by atoms with Gasteiger partial charge in [0, 0.05) is 18.7 Å². The van der Waals surface area contributed by atoms with Gasteiger partial charge in [-0.05, 0) is 12.1 Å². The molecule has 0 saturated carbocycles. The van der Waals surface area contributed by atoms with Gasteiger partial charge in [-0.15, -0.1) is 10.2 Å². The third-order valence-electron chi connectivity index (χ3n) is 3.07. The van der Waals surface area contributed by atoms with Gasteiger partial charge >= 0.3 is 6.18 Å². The molecule has 0 amide bonds. The maximum absolute atomic E-state index is 12.7. The van der Waals surface area contributed by atoms with Gasteiger partial charge in [-0.2, -0.15) is 13.2 Å². The molecular weight excluding hydrogens is 257 g/mol. The third kappa shape index (κ3) is 2.21. The SMILES string of the molecule is FC(F)(F)c1cccc(-c2nnc3n2CCNC3)c1. The van der Waals surface area contributed by atoms with Crippen LogP contribution in [0.25, 0.3) is 11.4 Å². The summed E-state index contributed by atoms with van der Waals surface area (Å²) in [6.07, 6.45) is -4.34. The minimum atomic E-state index is -4.34. The normalized spacial score (nSPS) is 15.3. The van der Waals surface area contributed by atoms with Crippen LogP contribution < -0.4 is 5.32 Å². The summed E-state index contributed by atoms with van der Waals surface area (Å²) in [7, 11) is 0. The lowest BCUT2D eigenvalue weighted by atomic mass is 10.1. The second kappa shape index (κ2) is 4.34. The van der Waals surface area contributed by atoms with E-state index < -0.39 is 11.7 Å². The van der Waals surface area contributed by atoms with Crippen molar-refractivity contribution >= 4 is 0 Å². The van der Waals surface area contributed by atoms with Crippen molar-refractivity contribution in [2.24, 2.45) is 0 Å². The largest absolute Gasteiger partial charge is 0.416 e. The number of rotatable bonds is 1. The average Bonchev–Trinajstić information content (AvgIpc) is 2.82. The summed E-state index contributed by atoms with van der Waals surface area (Å²) in [6, 6.07) is 5.17. The van der Waals surface area contributed by atoms with Gasteiger partial charge in [-0.3, -0.25) is 0 Å². The van der Waals surface area contributed by atoms with Gasteiger partial charge in [0.15, 0.2) is 5.82 Å². The van der Waals surface area contributed by atoms with E-state index in [4.69, 9.17) is 0 Å². The zero-order valence-corrected chi connectivity index (χ0v) is 9.91. The summed E-state index contributed by atoms with van der Waals surface area (Å²) in [6.45, 7) is 2.01. The lowest BCUT2D eigenvalue weighted by molar-refractivity contribution is -0.137. The van der Waals surface area contributed by atoms with Crippen molar-refractivity contribution in [3.05, 3.63) is 35.7 Å². The molecule has 7 heteroatoms. The van der Waals surface area contributed by atoms with Crippen molar-refractivity contribution in [1.29, 1.82) is 0 Å². The lowest BCUT2D eigenvalue weighted by Gasteiger charge is -2.16. The Morgan fingerprint density at radius 1 is 1.21 bits per heavy atom. The molecule has 19 heavy (non-hydrogen) atoms. The Hall–Kier alpha value is -1.89. The van der Waals surface area contributed by atoms with Crippen molar-refractivity contribution in [2.45, 2.75) is 19.3 Å². The van der Waals surface area contributed by atoms with Crippen LogP contribution in [0.4, 0.5) is 13.2 Å². The Kier molecular flexibility index (Phi) is 2.78. The molecule has 1 aliphatic heterocycles. The van der Waals surface area contributed by atoms with Crippen molar-refractivity contribution < 1.29 is 13.2 Å². The fourth-order valence-electron chi connectivity index (χ4n) is 2.14. The number of nitrogens with zero attached hydrogens (tertiary/aromatic N) is 3. The Morgan fingerprint density at radius 3 is 2.84 bits per heavy atom. The molecule has 2 heterocycles. The fraction of sp³-hybridized carbons (Fsp3) is 0.333. The maximum atomic E-state index is 12.7. The van der Waals surface area contributed by atoms with E-state index in [-0.39, 0.29) is 0 Å². The first-order valence-electron chi connectivity index (χ1n) is 5.86. The molecule has 0 unspecified atom stereocenters. The number of aromatic nitrogens is 3. The predicted octanol–water partition coefficient (Wildman–Crippen LogP) is 2.07. The summed E-state index contributed by atoms with van der Waals surface area (Å²) in [4.78, 5) is 0. The average molecular weight is 268 g/mol. The summed E-state index contributed by atoms with van der Waals surface area (Å²) in [5.41, 5.74) is -0.230. The Bertz CT molecular complexity index is 603. The molecule has 1 N–H and O–H groups in total. The Balaban J connectivity index is 2.05. The monoisotopic (exact) mass is 268 g/mol. The van der Waals surface area contributed by atoms with Crippen LogP contribution in [-0.2, 0) is 19.3 Å². The first-order chi connectivity index (χ1) is 9.05. The van der Waals surface area contributed by atoms with Crippen LogP contribution in [0.15, 0.2) is 24.3 Å². The van der Waals surface area contributed by atoms with Crippen molar-refractivity contribution in [3.63, 3.8) is 0 Å². The summed E-state index contributed by atoms with van der Waals surface area (Å²) in [5.74, 6) is 1.24. The molecule has 0 aliphatic carbocycles. The third-order valence-corrected chi connectivity index (χ3v) is 3.07. The molecule has 2 aromatic rings. The molecule has 0 radical (unpaired) electrons. The molecule has 100 valence electrons. The minimum absolute atomic E-state index is 0.440. The molecule has 1 aromatic heterocycles. The first kappa shape index (κ1) is 12.2. The van der Waals surface area contributed by atoms with Gasteiger partial charge in [0.1, 0.15) is 5.82 Å². The predicted molar refractivity (Wildman–Crippen MR) is 62.2 cm³/mol. The highest BCUT2D eigenvalue weighted by Gasteiger charge is 2.31. The number of benzene rings is 1. The van der Waals surface area contributed by atoms with Crippen LogP contribution in [0.1, 0.15) is 11.4 Å². The quantitative estimate of drug-likeness (QED) is 0.861. The van der Waals surface area contributed by atoms with E-state index in [9.17, 15) is 13.2 Å². The standard InChI is InChI=1S/C12H11F3N4/c13-12(14,15)9-3-1-2-8(6-9)11-18-17-10-7-16-4-5-19(10)11/h1-3,6,16H,4-5,7H2. The maximum Gasteiger partial charge on any atom is 0.416 e. The molecule has 0 fully saturated rings.